The van der Waals surface area contributed by atoms with Crippen molar-refractivity contribution >= 4 is 34.2 Å². The molecule has 0 saturated heterocycles. The Bertz CT molecular complexity index is 1260. The summed E-state index contributed by atoms with van der Waals surface area (Å²) in [5, 5.41) is 14.4. The Morgan fingerprint density at radius 1 is 1.20 bits per heavy atom. The fourth-order valence-electron chi connectivity index (χ4n) is 3.48. The first-order valence-electron chi connectivity index (χ1n) is 9.73. The summed E-state index contributed by atoms with van der Waals surface area (Å²) < 4.78 is 7.39. The van der Waals surface area contributed by atoms with Gasteiger partial charge in [0, 0.05) is 28.7 Å². The van der Waals surface area contributed by atoms with Crippen LogP contribution in [0, 0.1) is 6.92 Å². The van der Waals surface area contributed by atoms with E-state index in [1.807, 2.05) is 37.3 Å². The largest absolute Gasteiger partial charge is 0.461 e. The Morgan fingerprint density at radius 3 is 2.67 bits per heavy atom. The van der Waals surface area contributed by atoms with Crippen molar-refractivity contribution < 1.29 is 9.52 Å². The zero-order valence-electron chi connectivity index (χ0n) is 16.8. The highest BCUT2D eigenvalue weighted by atomic mass is 35.5. The summed E-state index contributed by atoms with van der Waals surface area (Å²) in [6, 6.07) is 13.1. The van der Waals surface area contributed by atoms with E-state index in [4.69, 9.17) is 16.0 Å². The smallest absolute Gasteiger partial charge is 0.260 e. The molecule has 2 N–H and O–H groups in total. The number of hydrogen-bond donors (Lipinski definition) is 2. The van der Waals surface area contributed by atoms with E-state index in [2.05, 4.69) is 17.2 Å². The number of halogens is 1. The molecule has 0 fully saturated rings. The SMILES string of the molecule is CCc1oc2ccc(Nc3ncc(CO)c(=O)n3Cc3ccc(Cl)cc3)cc2c1C. The molecule has 0 unspecified atom stereocenters. The van der Waals surface area contributed by atoms with Gasteiger partial charge in [0.1, 0.15) is 11.3 Å². The van der Waals surface area contributed by atoms with Gasteiger partial charge < -0.3 is 14.8 Å². The van der Waals surface area contributed by atoms with E-state index in [1.54, 1.807) is 12.1 Å². The summed E-state index contributed by atoms with van der Waals surface area (Å²) in [7, 11) is 0. The first-order valence-corrected chi connectivity index (χ1v) is 10.1. The normalized spacial score (nSPS) is 11.2. The first kappa shape index (κ1) is 20.2. The molecule has 6 nitrogen and oxygen atoms in total. The minimum Gasteiger partial charge on any atom is -0.461 e. The quantitative estimate of drug-likeness (QED) is 0.465. The van der Waals surface area contributed by atoms with Crippen LogP contribution in [0.1, 0.15) is 29.4 Å². The summed E-state index contributed by atoms with van der Waals surface area (Å²) in [6.07, 6.45) is 2.23. The van der Waals surface area contributed by atoms with Gasteiger partial charge in [-0.25, -0.2) is 4.98 Å². The molecule has 0 aliphatic carbocycles. The second-order valence-corrected chi connectivity index (χ2v) is 7.56. The van der Waals surface area contributed by atoms with Gasteiger partial charge in [-0.1, -0.05) is 30.7 Å². The maximum absolute atomic E-state index is 12.9. The monoisotopic (exact) mass is 423 g/mol. The second-order valence-electron chi connectivity index (χ2n) is 7.12. The molecular weight excluding hydrogens is 402 g/mol. The van der Waals surface area contributed by atoms with Gasteiger partial charge in [0.25, 0.3) is 5.56 Å². The van der Waals surface area contributed by atoms with Gasteiger partial charge in [0.2, 0.25) is 5.95 Å². The van der Waals surface area contributed by atoms with Crippen molar-refractivity contribution in [3.05, 3.63) is 86.5 Å². The average molecular weight is 424 g/mol. The van der Waals surface area contributed by atoms with Crippen molar-refractivity contribution in [1.29, 1.82) is 0 Å². The Hall–Kier alpha value is -3.09. The van der Waals surface area contributed by atoms with Gasteiger partial charge in [-0.15, -0.1) is 0 Å². The molecule has 0 radical (unpaired) electrons. The van der Waals surface area contributed by atoms with Gasteiger partial charge in [0.15, 0.2) is 0 Å². The molecule has 30 heavy (non-hydrogen) atoms. The van der Waals surface area contributed by atoms with Crippen LogP contribution in [0.4, 0.5) is 11.6 Å². The molecule has 7 heteroatoms. The minimum atomic E-state index is -0.368. The van der Waals surface area contributed by atoms with E-state index >= 15 is 0 Å². The lowest BCUT2D eigenvalue weighted by atomic mass is 10.1. The molecule has 0 saturated carbocycles. The molecule has 0 atom stereocenters. The Balaban J connectivity index is 1.74. The second kappa shape index (κ2) is 8.34. The van der Waals surface area contributed by atoms with Crippen molar-refractivity contribution in [2.45, 2.75) is 33.4 Å². The predicted octanol–water partition coefficient (Wildman–Crippen LogP) is 4.80. The Labute approximate surface area is 178 Å². The van der Waals surface area contributed by atoms with Crippen molar-refractivity contribution in [3.8, 4) is 0 Å². The standard InChI is InChI=1S/C23H22ClN3O3/c1-3-20-14(2)19-10-18(8-9-21(19)30-20)26-23-25-11-16(13-28)22(29)27(23)12-15-4-6-17(24)7-5-15/h4-11,28H,3,12-13H2,1-2H3,(H,25,26). The van der Waals surface area contributed by atoms with Gasteiger partial charge in [-0.05, 0) is 48.4 Å². The summed E-state index contributed by atoms with van der Waals surface area (Å²) >= 11 is 5.97. The van der Waals surface area contributed by atoms with Crippen molar-refractivity contribution in [2.24, 2.45) is 0 Å². The van der Waals surface area contributed by atoms with E-state index < -0.39 is 0 Å². The summed E-state index contributed by atoms with van der Waals surface area (Å²) in [4.78, 5) is 17.3. The topological polar surface area (TPSA) is 80.3 Å². The fraction of sp³-hybridized carbons (Fsp3) is 0.217. The summed E-state index contributed by atoms with van der Waals surface area (Å²) in [6.45, 7) is 4.03. The van der Waals surface area contributed by atoms with Crippen LogP contribution in [-0.4, -0.2) is 14.7 Å². The van der Waals surface area contributed by atoms with E-state index in [-0.39, 0.29) is 17.7 Å². The van der Waals surface area contributed by atoms with Gasteiger partial charge >= 0.3 is 0 Å². The first-order chi connectivity index (χ1) is 14.5. The number of nitrogens with one attached hydrogen (secondary N) is 1. The van der Waals surface area contributed by atoms with Gasteiger partial charge in [-0.2, -0.15) is 0 Å². The van der Waals surface area contributed by atoms with Crippen molar-refractivity contribution in [2.75, 3.05) is 5.32 Å². The number of hydrogen-bond acceptors (Lipinski definition) is 5. The molecular formula is C23H22ClN3O3. The lowest BCUT2D eigenvalue weighted by Gasteiger charge is -2.15. The van der Waals surface area contributed by atoms with E-state index in [0.717, 1.165) is 40.0 Å². The zero-order chi connectivity index (χ0) is 21.3. The van der Waals surface area contributed by atoms with E-state index in [9.17, 15) is 9.90 Å². The number of nitrogens with zero attached hydrogens (tertiary/aromatic N) is 2. The highest BCUT2D eigenvalue weighted by Crippen LogP contribution is 2.29. The molecule has 0 bridgehead atoms. The van der Waals surface area contributed by atoms with Crippen LogP contribution in [-0.2, 0) is 19.6 Å². The van der Waals surface area contributed by atoms with Crippen molar-refractivity contribution in [1.82, 2.24) is 9.55 Å². The van der Waals surface area contributed by atoms with Crippen LogP contribution < -0.4 is 10.9 Å². The number of aromatic nitrogens is 2. The van der Waals surface area contributed by atoms with Crippen LogP contribution in [0.3, 0.4) is 0 Å². The molecule has 4 rings (SSSR count). The zero-order valence-corrected chi connectivity index (χ0v) is 17.5. The third-order valence-corrected chi connectivity index (χ3v) is 5.41. The predicted molar refractivity (Wildman–Crippen MR) is 119 cm³/mol. The summed E-state index contributed by atoms with van der Waals surface area (Å²) in [5.74, 6) is 1.36. The number of aliphatic hydroxyl groups excluding tert-OH is 1. The number of aliphatic hydroxyl groups is 1. The maximum Gasteiger partial charge on any atom is 0.260 e. The number of furan rings is 1. The maximum atomic E-state index is 12.9. The van der Waals surface area contributed by atoms with Crippen molar-refractivity contribution in [3.63, 3.8) is 0 Å². The Morgan fingerprint density at radius 2 is 1.97 bits per heavy atom. The molecule has 0 amide bonds. The number of rotatable bonds is 6. The third kappa shape index (κ3) is 3.84. The van der Waals surface area contributed by atoms with Gasteiger partial charge in [0.05, 0.1) is 18.7 Å². The van der Waals surface area contributed by atoms with E-state index in [0.29, 0.717) is 17.5 Å². The van der Waals surface area contributed by atoms with E-state index in [1.165, 1.54) is 10.8 Å². The Kier molecular flexibility index (Phi) is 5.61. The minimum absolute atomic E-state index is 0.239. The number of benzene rings is 2. The van der Waals surface area contributed by atoms with Gasteiger partial charge in [-0.3, -0.25) is 9.36 Å². The highest BCUT2D eigenvalue weighted by Gasteiger charge is 2.13. The van der Waals surface area contributed by atoms with Crippen LogP contribution in [0.25, 0.3) is 11.0 Å². The third-order valence-electron chi connectivity index (χ3n) is 5.15. The molecule has 2 aromatic carbocycles. The number of fused-ring (bicyclic) bond motifs is 1. The van der Waals surface area contributed by atoms with Crippen LogP contribution in [0.15, 0.2) is 57.9 Å². The molecule has 154 valence electrons. The molecule has 0 aliphatic heterocycles. The van der Waals surface area contributed by atoms with Crippen LogP contribution in [0.5, 0.6) is 0 Å². The van der Waals surface area contributed by atoms with Crippen LogP contribution >= 0.6 is 11.6 Å². The summed E-state index contributed by atoms with van der Waals surface area (Å²) in [5.41, 5.74) is 3.58. The average Bonchev–Trinajstić information content (AvgIpc) is 3.07. The highest BCUT2D eigenvalue weighted by molar-refractivity contribution is 6.30. The molecule has 2 aromatic heterocycles. The molecule has 0 spiro atoms. The lowest BCUT2D eigenvalue weighted by molar-refractivity contribution is 0.278. The molecule has 0 aliphatic rings. The molecule has 2 heterocycles. The van der Waals surface area contributed by atoms with Crippen LogP contribution in [0.2, 0.25) is 5.02 Å². The molecule has 4 aromatic rings. The lowest BCUT2D eigenvalue weighted by Crippen LogP contribution is -2.27. The number of anilines is 2. The fourth-order valence-corrected chi connectivity index (χ4v) is 3.60. The number of aryl methyl sites for hydroxylation is 2.